The molecule has 0 spiro atoms. The number of nitrogens with one attached hydrogen (secondary N) is 1. The largest absolute Gasteiger partial charge is 0.382 e. The summed E-state index contributed by atoms with van der Waals surface area (Å²) in [4.78, 5) is 8.07. The fourth-order valence-corrected chi connectivity index (χ4v) is 1.91. The van der Waals surface area contributed by atoms with E-state index in [0.29, 0.717) is 18.9 Å². The van der Waals surface area contributed by atoms with Crippen molar-refractivity contribution in [2.45, 2.75) is 19.4 Å². The molecule has 2 aromatic heterocycles. The molecule has 20 heavy (non-hydrogen) atoms. The average molecular weight is 270 g/mol. The smallest absolute Gasteiger partial charge is 0.142 e. The van der Waals surface area contributed by atoms with Crippen LogP contribution < -0.4 is 5.73 Å². The van der Waals surface area contributed by atoms with Crippen molar-refractivity contribution >= 4 is 5.84 Å². The lowest BCUT2D eigenvalue weighted by Crippen LogP contribution is -2.16. The lowest BCUT2D eigenvalue weighted by atomic mass is 10.1. The third-order valence-electron chi connectivity index (χ3n) is 2.91. The molecule has 5 heteroatoms. The van der Waals surface area contributed by atoms with Gasteiger partial charge in [-0.15, -0.1) is 0 Å². The van der Waals surface area contributed by atoms with Crippen molar-refractivity contribution in [2.75, 3.05) is 6.61 Å². The van der Waals surface area contributed by atoms with Crippen LogP contribution in [-0.4, -0.2) is 22.4 Å². The summed E-state index contributed by atoms with van der Waals surface area (Å²) in [6.07, 6.45) is 7.13. The van der Waals surface area contributed by atoms with E-state index in [0.717, 1.165) is 18.4 Å². The lowest BCUT2D eigenvalue weighted by molar-refractivity contribution is 0.118. The molecule has 0 fully saturated rings. The molecule has 0 aromatic carbocycles. The van der Waals surface area contributed by atoms with E-state index in [2.05, 4.69) is 9.97 Å². The van der Waals surface area contributed by atoms with Crippen molar-refractivity contribution in [3.05, 3.63) is 59.7 Å². The van der Waals surface area contributed by atoms with Crippen LogP contribution in [0.2, 0.25) is 0 Å². The van der Waals surface area contributed by atoms with Gasteiger partial charge in [-0.3, -0.25) is 15.4 Å². The van der Waals surface area contributed by atoms with Crippen LogP contribution in [0.15, 0.2) is 42.9 Å². The van der Waals surface area contributed by atoms with Crippen LogP contribution in [0.4, 0.5) is 0 Å². The Balaban J connectivity index is 1.75. The predicted octanol–water partition coefficient (Wildman–Crippen LogP) is 1.91. The summed E-state index contributed by atoms with van der Waals surface area (Å²) in [6, 6.07) is 7.72. The van der Waals surface area contributed by atoms with E-state index < -0.39 is 0 Å². The maximum absolute atomic E-state index is 7.46. The Bertz CT molecular complexity index is 557. The van der Waals surface area contributed by atoms with Gasteiger partial charge in [0, 0.05) is 30.8 Å². The van der Waals surface area contributed by atoms with Gasteiger partial charge >= 0.3 is 0 Å². The highest BCUT2D eigenvalue weighted by Crippen LogP contribution is 2.07. The van der Waals surface area contributed by atoms with Crippen molar-refractivity contribution < 1.29 is 4.74 Å². The first-order chi connectivity index (χ1) is 9.77. The Morgan fingerprint density at radius 3 is 2.75 bits per heavy atom. The third-order valence-corrected chi connectivity index (χ3v) is 2.91. The number of nitrogens with two attached hydrogens (primary N) is 1. The fraction of sp³-hybridized carbons (Fsp3) is 0.267. The van der Waals surface area contributed by atoms with Crippen molar-refractivity contribution in [3.63, 3.8) is 0 Å². The summed E-state index contributed by atoms with van der Waals surface area (Å²) < 4.78 is 5.62. The molecule has 0 saturated carbocycles. The van der Waals surface area contributed by atoms with Crippen molar-refractivity contribution in [2.24, 2.45) is 5.73 Å². The highest BCUT2D eigenvalue weighted by atomic mass is 16.5. The van der Waals surface area contributed by atoms with Crippen LogP contribution in [-0.2, 0) is 17.8 Å². The van der Waals surface area contributed by atoms with E-state index in [1.165, 1.54) is 5.56 Å². The van der Waals surface area contributed by atoms with E-state index in [9.17, 15) is 0 Å². The zero-order chi connectivity index (χ0) is 14.2. The first kappa shape index (κ1) is 14.1. The molecule has 0 aliphatic heterocycles. The van der Waals surface area contributed by atoms with E-state index in [1.807, 2.05) is 24.3 Å². The van der Waals surface area contributed by atoms with Crippen molar-refractivity contribution in [1.82, 2.24) is 9.97 Å². The van der Waals surface area contributed by atoms with Crippen LogP contribution in [0.5, 0.6) is 0 Å². The molecule has 0 aliphatic rings. The Labute approximate surface area is 118 Å². The Morgan fingerprint density at radius 2 is 2.00 bits per heavy atom. The van der Waals surface area contributed by atoms with Crippen LogP contribution in [0.1, 0.15) is 23.2 Å². The number of hydrogen-bond acceptors (Lipinski definition) is 4. The molecule has 3 N–H and O–H groups in total. The highest BCUT2D eigenvalue weighted by Gasteiger charge is 2.05. The molecule has 0 aliphatic carbocycles. The van der Waals surface area contributed by atoms with Gasteiger partial charge in [0.05, 0.1) is 6.61 Å². The molecule has 0 amide bonds. The number of amidine groups is 1. The molecule has 2 rings (SSSR count). The molecular formula is C15H18N4O. The second-order valence-electron chi connectivity index (χ2n) is 4.44. The Morgan fingerprint density at radius 1 is 1.20 bits per heavy atom. The third kappa shape index (κ3) is 4.13. The molecule has 0 bridgehead atoms. The standard InChI is InChI=1S/C15H18N4O/c16-15(17)14-13(4-1-7-19-14)11-20-10-2-3-12-5-8-18-9-6-12/h1,4-9H,2-3,10-11H2,(H3,16,17). The van der Waals surface area contributed by atoms with Gasteiger partial charge in [0.1, 0.15) is 11.5 Å². The first-order valence-corrected chi connectivity index (χ1v) is 6.52. The van der Waals surface area contributed by atoms with Crippen LogP contribution >= 0.6 is 0 Å². The second-order valence-corrected chi connectivity index (χ2v) is 4.44. The zero-order valence-electron chi connectivity index (χ0n) is 11.2. The quantitative estimate of drug-likeness (QED) is 0.457. The molecule has 0 radical (unpaired) electrons. The summed E-state index contributed by atoms with van der Waals surface area (Å²) in [5.74, 6) is -0.0269. The summed E-state index contributed by atoms with van der Waals surface area (Å²) in [5.41, 5.74) is 8.09. The topological polar surface area (TPSA) is 84.9 Å². The van der Waals surface area contributed by atoms with E-state index in [4.69, 9.17) is 15.9 Å². The minimum absolute atomic E-state index is 0.0269. The van der Waals surface area contributed by atoms with E-state index >= 15 is 0 Å². The molecule has 0 atom stereocenters. The Kier molecular flexibility index (Phi) is 5.20. The maximum atomic E-state index is 7.46. The number of nitrogens with zero attached hydrogens (tertiary/aromatic N) is 2. The van der Waals surface area contributed by atoms with Gasteiger partial charge in [-0.25, -0.2) is 0 Å². The maximum Gasteiger partial charge on any atom is 0.142 e. The first-order valence-electron chi connectivity index (χ1n) is 6.52. The van der Waals surface area contributed by atoms with Crippen molar-refractivity contribution in [1.29, 1.82) is 5.41 Å². The molecule has 2 aromatic rings. The minimum atomic E-state index is -0.0269. The van der Waals surface area contributed by atoms with Crippen molar-refractivity contribution in [3.8, 4) is 0 Å². The number of aryl methyl sites for hydroxylation is 1. The highest BCUT2D eigenvalue weighted by molar-refractivity contribution is 5.94. The monoisotopic (exact) mass is 270 g/mol. The SMILES string of the molecule is N=C(N)c1ncccc1COCCCc1ccncc1. The average Bonchev–Trinajstić information content (AvgIpc) is 2.48. The van der Waals surface area contributed by atoms with Gasteiger partial charge in [-0.2, -0.15) is 0 Å². The summed E-state index contributed by atoms with van der Waals surface area (Å²) in [5, 5.41) is 7.46. The van der Waals surface area contributed by atoms with Crippen LogP contribution in [0.3, 0.4) is 0 Å². The number of ether oxygens (including phenoxy) is 1. The van der Waals surface area contributed by atoms with Crippen LogP contribution in [0.25, 0.3) is 0 Å². The number of rotatable bonds is 7. The number of aromatic nitrogens is 2. The van der Waals surface area contributed by atoms with Gasteiger partial charge in [0.15, 0.2) is 0 Å². The van der Waals surface area contributed by atoms with E-state index in [1.54, 1.807) is 18.6 Å². The molecule has 0 saturated heterocycles. The van der Waals surface area contributed by atoms with Gasteiger partial charge in [0.25, 0.3) is 0 Å². The lowest BCUT2D eigenvalue weighted by Gasteiger charge is -2.08. The molecular weight excluding hydrogens is 252 g/mol. The fourth-order valence-electron chi connectivity index (χ4n) is 1.91. The zero-order valence-corrected chi connectivity index (χ0v) is 11.2. The number of pyridine rings is 2. The second kappa shape index (κ2) is 7.35. The number of nitrogen functional groups attached to an aromatic ring is 1. The van der Waals surface area contributed by atoms with Gasteiger partial charge < -0.3 is 10.5 Å². The van der Waals surface area contributed by atoms with Gasteiger partial charge in [0.2, 0.25) is 0 Å². The van der Waals surface area contributed by atoms with E-state index in [-0.39, 0.29) is 5.84 Å². The summed E-state index contributed by atoms with van der Waals surface area (Å²) >= 11 is 0. The summed E-state index contributed by atoms with van der Waals surface area (Å²) in [7, 11) is 0. The van der Waals surface area contributed by atoms with Gasteiger partial charge in [-0.1, -0.05) is 6.07 Å². The Hall–Kier alpha value is -2.27. The molecule has 2 heterocycles. The summed E-state index contributed by atoms with van der Waals surface area (Å²) in [6.45, 7) is 1.09. The minimum Gasteiger partial charge on any atom is -0.382 e. The normalized spacial score (nSPS) is 10.4. The molecule has 0 unspecified atom stereocenters. The van der Waals surface area contributed by atoms with Gasteiger partial charge in [-0.05, 0) is 36.6 Å². The predicted molar refractivity (Wildman–Crippen MR) is 77.5 cm³/mol. The van der Waals surface area contributed by atoms with Crippen LogP contribution in [0, 0.1) is 5.41 Å². The molecule has 5 nitrogen and oxygen atoms in total. The number of hydrogen-bond donors (Lipinski definition) is 2. The molecule has 104 valence electrons.